The second kappa shape index (κ2) is 8.57. The second-order valence-electron chi connectivity index (χ2n) is 5.76. The molecule has 1 aliphatic rings. The quantitative estimate of drug-likeness (QED) is 0.438. The van der Waals surface area contributed by atoms with E-state index in [1.807, 2.05) is 6.92 Å². The average molecular weight is 413 g/mol. The van der Waals surface area contributed by atoms with E-state index in [1.54, 1.807) is 30.3 Å². The summed E-state index contributed by atoms with van der Waals surface area (Å²) in [5.41, 5.74) is 2.82. The third-order valence-electron chi connectivity index (χ3n) is 3.84. The summed E-state index contributed by atoms with van der Waals surface area (Å²) in [6.45, 7) is 2.40. The van der Waals surface area contributed by atoms with Crippen LogP contribution in [0.3, 0.4) is 0 Å². The first-order valence-electron chi connectivity index (χ1n) is 8.45. The molecule has 1 aliphatic heterocycles. The van der Waals surface area contributed by atoms with E-state index in [1.165, 1.54) is 12.1 Å². The minimum absolute atomic E-state index is 0.0742. The third-order valence-corrected chi connectivity index (χ3v) is 4.71. The Morgan fingerprint density at radius 3 is 2.41 bits per heavy atom. The Labute approximate surface area is 169 Å². The highest BCUT2D eigenvalue weighted by molar-refractivity contribution is 8.18. The monoisotopic (exact) mass is 413 g/mol. The Balaban J connectivity index is 1.71. The number of carbonyl (C=O) groups is 3. The standard InChI is InChI=1S/C19H15N3O6S/c1-2-28-15-9-3-12(4-10-15)11-16-18(24)21(19(25)29-16)20-17(23)13-5-7-14(8-6-13)22(26)27/h3-11H,2H2,1H3,(H,20,23)/b16-11-. The molecule has 3 rings (SSSR count). The number of non-ortho nitro benzene ring substituents is 1. The van der Waals surface area contributed by atoms with E-state index in [-0.39, 0.29) is 16.2 Å². The highest BCUT2D eigenvalue weighted by atomic mass is 32.2. The Kier molecular flexibility index (Phi) is 5.93. The lowest BCUT2D eigenvalue weighted by Gasteiger charge is -2.13. The molecule has 1 N–H and O–H groups in total. The van der Waals surface area contributed by atoms with E-state index in [0.29, 0.717) is 34.7 Å². The SMILES string of the molecule is CCOc1ccc(/C=C2\SC(=O)N(NC(=O)c3ccc([N+](=O)[O-])cc3)C2=O)cc1. The molecule has 0 bridgehead atoms. The molecule has 0 spiro atoms. The lowest BCUT2D eigenvalue weighted by molar-refractivity contribution is -0.384. The molecule has 0 aromatic heterocycles. The van der Waals surface area contributed by atoms with Crippen molar-refractivity contribution in [2.75, 3.05) is 6.61 Å². The molecule has 148 valence electrons. The normalized spacial score (nSPS) is 14.9. The van der Waals surface area contributed by atoms with Crippen LogP contribution in [-0.2, 0) is 4.79 Å². The number of rotatable bonds is 6. The molecule has 1 heterocycles. The van der Waals surface area contributed by atoms with Crippen molar-refractivity contribution in [2.45, 2.75) is 6.92 Å². The van der Waals surface area contributed by atoms with Crippen LogP contribution in [0.15, 0.2) is 53.4 Å². The number of hydrogen-bond acceptors (Lipinski definition) is 7. The van der Waals surface area contributed by atoms with Gasteiger partial charge < -0.3 is 4.74 Å². The van der Waals surface area contributed by atoms with E-state index >= 15 is 0 Å². The number of hydrazine groups is 1. The smallest absolute Gasteiger partial charge is 0.312 e. The van der Waals surface area contributed by atoms with Gasteiger partial charge in [0.1, 0.15) is 5.75 Å². The number of nitrogens with one attached hydrogen (secondary N) is 1. The van der Waals surface area contributed by atoms with Crippen molar-refractivity contribution < 1.29 is 24.0 Å². The largest absolute Gasteiger partial charge is 0.494 e. The van der Waals surface area contributed by atoms with Gasteiger partial charge in [-0.15, -0.1) is 0 Å². The third kappa shape index (κ3) is 4.61. The number of nitro groups is 1. The summed E-state index contributed by atoms with van der Waals surface area (Å²) in [7, 11) is 0. The molecule has 10 heteroatoms. The number of benzene rings is 2. The van der Waals surface area contributed by atoms with Crippen molar-refractivity contribution in [3.05, 3.63) is 74.7 Å². The van der Waals surface area contributed by atoms with Gasteiger partial charge in [-0.3, -0.25) is 29.9 Å². The molecule has 2 aromatic rings. The Morgan fingerprint density at radius 2 is 1.83 bits per heavy atom. The maximum Gasteiger partial charge on any atom is 0.312 e. The van der Waals surface area contributed by atoms with Crippen molar-refractivity contribution in [3.8, 4) is 5.75 Å². The zero-order valence-electron chi connectivity index (χ0n) is 15.2. The van der Waals surface area contributed by atoms with Gasteiger partial charge in [0.15, 0.2) is 0 Å². The van der Waals surface area contributed by atoms with Crippen LogP contribution in [0.4, 0.5) is 10.5 Å². The van der Waals surface area contributed by atoms with Crippen LogP contribution in [0.2, 0.25) is 0 Å². The Morgan fingerprint density at radius 1 is 1.17 bits per heavy atom. The Hall–Kier alpha value is -3.66. The van der Waals surface area contributed by atoms with E-state index in [9.17, 15) is 24.5 Å². The molecule has 2 aromatic carbocycles. The molecule has 0 aliphatic carbocycles. The molecule has 29 heavy (non-hydrogen) atoms. The number of ether oxygens (including phenoxy) is 1. The molecule has 0 unspecified atom stereocenters. The van der Waals surface area contributed by atoms with Gasteiger partial charge in [0, 0.05) is 17.7 Å². The first kappa shape index (κ1) is 20.1. The van der Waals surface area contributed by atoms with Gasteiger partial charge in [-0.1, -0.05) is 12.1 Å². The number of nitro benzene ring substituents is 1. The fraction of sp³-hybridized carbons (Fsp3) is 0.105. The summed E-state index contributed by atoms with van der Waals surface area (Å²) in [6, 6.07) is 11.8. The van der Waals surface area contributed by atoms with E-state index in [4.69, 9.17) is 4.74 Å². The van der Waals surface area contributed by atoms with Crippen molar-refractivity contribution in [2.24, 2.45) is 0 Å². The van der Waals surface area contributed by atoms with Gasteiger partial charge in [0.25, 0.3) is 17.5 Å². The zero-order chi connectivity index (χ0) is 21.0. The molecule has 0 radical (unpaired) electrons. The summed E-state index contributed by atoms with van der Waals surface area (Å²) in [5.74, 6) is -0.707. The lowest BCUT2D eigenvalue weighted by Crippen LogP contribution is -2.44. The fourth-order valence-corrected chi connectivity index (χ4v) is 3.22. The highest BCUT2D eigenvalue weighted by Gasteiger charge is 2.36. The van der Waals surface area contributed by atoms with Gasteiger partial charge in [-0.05, 0) is 54.6 Å². The number of carbonyl (C=O) groups excluding carboxylic acids is 3. The minimum Gasteiger partial charge on any atom is -0.494 e. The zero-order valence-corrected chi connectivity index (χ0v) is 16.0. The van der Waals surface area contributed by atoms with Crippen molar-refractivity contribution in [1.82, 2.24) is 10.4 Å². The van der Waals surface area contributed by atoms with E-state index in [2.05, 4.69) is 5.43 Å². The summed E-state index contributed by atoms with van der Waals surface area (Å²) in [4.78, 5) is 47.1. The van der Waals surface area contributed by atoms with Crippen LogP contribution in [-0.4, -0.2) is 33.6 Å². The van der Waals surface area contributed by atoms with Gasteiger partial charge in [-0.2, -0.15) is 5.01 Å². The molecule has 1 fully saturated rings. The number of nitrogens with zero attached hydrogens (tertiary/aromatic N) is 2. The topological polar surface area (TPSA) is 119 Å². The van der Waals surface area contributed by atoms with Crippen LogP contribution in [0.5, 0.6) is 5.75 Å². The van der Waals surface area contributed by atoms with Gasteiger partial charge in [-0.25, -0.2) is 0 Å². The van der Waals surface area contributed by atoms with Crippen LogP contribution in [0, 0.1) is 10.1 Å². The van der Waals surface area contributed by atoms with E-state index in [0.717, 1.165) is 12.1 Å². The van der Waals surface area contributed by atoms with Gasteiger partial charge >= 0.3 is 5.24 Å². The number of amides is 3. The first-order chi connectivity index (χ1) is 13.9. The first-order valence-corrected chi connectivity index (χ1v) is 9.27. The van der Waals surface area contributed by atoms with Crippen LogP contribution < -0.4 is 10.2 Å². The summed E-state index contributed by atoms with van der Waals surface area (Å²) in [5, 5.41) is 10.6. The van der Waals surface area contributed by atoms with Crippen LogP contribution >= 0.6 is 11.8 Å². The summed E-state index contributed by atoms with van der Waals surface area (Å²) in [6.07, 6.45) is 1.54. The predicted octanol–water partition coefficient (Wildman–Crippen LogP) is 3.37. The predicted molar refractivity (Wildman–Crippen MR) is 106 cm³/mol. The van der Waals surface area contributed by atoms with Crippen molar-refractivity contribution >= 4 is 40.6 Å². The number of thioether (sulfide) groups is 1. The molecular weight excluding hydrogens is 398 g/mol. The summed E-state index contributed by atoms with van der Waals surface area (Å²) >= 11 is 0.698. The van der Waals surface area contributed by atoms with E-state index < -0.39 is 22.0 Å². The lowest BCUT2D eigenvalue weighted by atomic mass is 10.2. The maximum atomic E-state index is 12.5. The molecule has 3 amide bonds. The van der Waals surface area contributed by atoms with Crippen LogP contribution in [0.1, 0.15) is 22.8 Å². The maximum absolute atomic E-state index is 12.5. The second-order valence-corrected chi connectivity index (χ2v) is 6.76. The van der Waals surface area contributed by atoms with Crippen molar-refractivity contribution in [3.63, 3.8) is 0 Å². The van der Waals surface area contributed by atoms with Crippen LogP contribution in [0.25, 0.3) is 6.08 Å². The molecule has 0 atom stereocenters. The number of imide groups is 1. The molecule has 0 saturated carbocycles. The van der Waals surface area contributed by atoms with Crippen molar-refractivity contribution in [1.29, 1.82) is 0 Å². The molecule has 1 saturated heterocycles. The molecular formula is C19H15N3O6S. The average Bonchev–Trinajstić information content (AvgIpc) is 2.97. The number of hydrogen-bond donors (Lipinski definition) is 1. The Bertz CT molecular complexity index is 1000. The fourth-order valence-electron chi connectivity index (χ4n) is 2.44. The van der Waals surface area contributed by atoms with Gasteiger partial charge in [0.05, 0.1) is 16.4 Å². The summed E-state index contributed by atoms with van der Waals surface area (Å²) < 4.78 is 5.35. The molecule has 9 nitrogen and oxygen atoms in total. The minimum atomic E-state index is -0.732. The van der Waals surface area contributed by atoms with Gasteiger partial charge in [0.2, 0.25) is 0 Å². The highest BCUT2D eigenvalue weighted by Crippen LogP contribution is 2.31.